The molecule has 0 radical (unpaired) electrons. The SMILES string of the molecule is Cc1cc2[nH]c(=O)n(S(=O)(=O)c3ccc4c(c3)CCC4)c2cc1N. The Kier molecular flexibility index (Phi) is 3.11. The zero-order chi connectivity index (χ0) is 17.1. The molecule has 0 atom stereocenters. The molecule has 0 fully saturated rings. The second-order valence-electron chi connectivity index (χ2n) is 6.21. The summed E-state index contributed by atoms with van der Waals surface area (Å²) in [6, 6.07) is 8.30. The average molecular weight is 343 g/mol. The smallest absolute Gasteiger partial charge is 0.340 e. The molecule has 3 aromatic rings. The molecular formula is C17H17N3O3S. The van der Waals surface area contributed by atoms with E-state index in [4.69, 9.17) is 5.73 Å². The molecule has 1 aliphatic rings. The van der Waals surface area contributed by atoms with Gasteiger partial charge in [-0.05, 0) is 67.1 Å². The maximum atomic E-state index is 13.0. The molecule has 4 rings (SSSR count). The Morgan fingerprint density at radius 1 is 1.12 bits per heavy atom. The van der Waals surface area contributed by atoms with E-state index >= 15 is 0 Å². The van der Waals surface area contributed by atoms with E-state index in [1.54, 1.807) is 25.1 Å². The fourth-order valence-electron chi connectivity index (χ4n) is 3.31. The molecule has 7 heteroatoms. The van der Waals surface area contributed by atoms with E-state index in [2.05, 4.69) is 4.98 Å². The lowest BCUT2D eigenvalue weighted by Gasteiger charge is -2.09. The molecule has 3 N–H and O–H groups in total. The molecule has 124 valence electrons. The van der Waals surface area contributed by atoms with Gasteiger partial charge in [-0.1, -0.05) is 6.07 Å². The van der Waals surface area contributed by atoms with Crippen LogP contribution in [0.4, 0.5) is 5.69 Å². The van der Waals surface area contributed by atoms with Crippen molar-refractivity contribution in [2.75, 3.05) is 5.73 Å². The molecule has 0 amide bonds. The minimum Gasteiger partial charge on any atom is -0.398 e. The van der Waals surface area contributed by atoms with Crippen LogP contribution in [0.25, 0.3) is 11.0 Å². The molecule has 0 saturated heterocycles. The van der Waals surface area contributed by atoms with Crippen molar-refractivity contribution >= 4 is 26.7 Å². The lowest BCUT2D eigenvalue weighted by Crippen LogP contribution is -2.25. The summed E-state index contributed by atoms with van der Waals surface area (Å²) >= 11 is 0. The second kappa shape index (κ2) is 4.98. The number of rotatable bonds is 2. The number of benzene rings is 2. The number of aromatic nitrogens is 2. The third-order valence-corrected chi connectivity index (χ3v) is 6.33. The lowest BCUT2D eigenvalue weighted by atomic mass is 10.1. The Balaban J connectivity index is 1.98. The average Bonchev–Trinajstić information content (AvgIpc) is 3.10. The standard InChI is InChI=1S/C17H17N3O3S/c1-10-7-15-16(9-14(10)18)20(17(21)19-15)24(22,23)13-6-5-11-3-2-4-12(11)8-13/h5-9H,2-4,18H2,1H3,(H,19,21). The third-order valence-electron chi connectivity index (χ3n) is 4.64. The summed E-state index contributed by atoms with van der Waals surface area (Å²) in [4.78, 5) is 15.0. The Morgan fingerprint density at radius 3 is 2.67 bits per heavy atom. The topological polar surface area (TPSA) is 98.0 Å². The first-order valence-corrected chi connectivity index (χ1v) is 9.20. The van der Waals surface area contributed by atoms with Crippen molar-refractivity contribution in [3.63, 3.8) is 0 Å². The summed E-state index contributed by atoms with van der Waals surface area (Å²) in [5, 5.41) is 0. The number of nitrogens with one attached hydrogen (secondary N) is 1. The van der Waals surface area contributed by atoms with Crippen LogP contribution in [-0.2, 0) is 22.9 Å². The zero-order valence-corrected chi connectivity index (χ0v) is 14.0. The number of anilines is 1. The Labute approximate surface area is 139 Å². The molecule has 0 aliphatic heterocycles. The first-order valence-electron chi connectivity index (χ1n) is 7.76. The number of nitrogens with two attached hydrogens (primary N) is 1. The highest BCUT2D eigenvalue weighted by Gasteiger charge is 2.25. The van der Waals surface area contributed by atoms with Crippen LogP contribution < -0.4 is 11.4 Å². The van der Waals surface area contributed by atoms with E-state index in [0.717, 1.165) is 34.4 Å². The quantitative estimate of drug-likeness (QED) is 0.695. The predicted molar refractivity (Wildman–Crippen MR) is 92.8 cm³/mol. The van der Waals surface area contributed by atoms with Gasteiger partial charge < -0.3 is 10.7 Å². The van der Waals surface area contributed by atoms with Crippen LogP contribution >= 0.6 is 0 Å². The zero-order valence-electron chi connectivity index (χ0n) is 13.2. The summed E-state index contributed by atoms with van der Waals surface area (Å²) in [5.41, 5.74) is 9.38. The summed E-state index contributed by atoms with van der Waals surface area (Å²) in [5.74, 6) is 0. The summed E-state index contributed by atoms with van der Waals surface area (Å²) < 4.78 is 26.9. The van der Waals surface area contributed by atoms with Crippen molar-refractivity contribution in [1.29, 1.82) is 0 Å². The van der Waals surface area contributed by atoms with Gasteiger partial charge in [-0.2, -0.15) is 3.97 Å². The van der Waals surface area contributed by atoms with Crippen LogP contribution in [0.3, 0.4) is 0 Å². The molecule has 2 aromatic carbocycles. The minimum atomic E-state index is -3.99. The maximum Gasteiger partial charge on any atom is 0.340 e. The van der Waals surface area contributed by atoms with Gasteiger partial charge in [0.05, 0.1) is 15.9 Å². The molecule has 0 spiro atoms. The van der Waals surface area contributed by atoms with E-state index in [9.17, 15) is 13.2 Å². The predicted octanol–water partition coefficient (Wildman–Crippen LogP) is 1.95. The number of H-pyrrole nitrogens is 1. The second-order valence-corrected chi connectivity index (χ2v) is 8.00. The molecule has 0 unspecified atom stereocenters. The van der Waals surface area contributed by atoms with Gasteiger partial charge in [-0.25, -0.2) is 13.2 Å². The van der Waals surface area contributed by atoms with E-state index in [1.807, 2.05) is 6.07 Å². The molecular weight excluding hydrogens is 326 g/mol. The number of aromatic amines is 1. The van der Waals surface area contributed by atoms with Crippen LogP contribution in [0, 0.1) is 6.92 Å². The molecule has 0 bridgehead atoms. The molecule has 6 nitrogen and oxygen atoms in total. The Hall–Kier alpha value is -2.54. The van der Waals surface area contributed by atoms with E-state index in [1.165, 1.54) is 11.6 Å². The third kappa shape index (κ3) is 2.08. The molecule has 0 saturated carbocycles. The van der Waals surface area contributed by atoms with Gasteiger partial charge in [-0.15, -0.1) is 0 Å². The molecule has 1 aliphatic carbocycles. The van der Waals surface area contributed by atoms with E-state index in [0.29, 0.717) is 11.2 Å². The number of hydrogen-bond acceptors (Lipinski definition) is 4. The maximum absolute atomic E-state index is 13.0. The van der Waals surface area contributed by atoms with Crippen molar-refractivity contribution in [3.05, 3.63) is 57.5 Å². The number of nitrogen functional groups attached to an aromatic ring is 1. The van der Waals surface area contributed by atoms with Gasteiger partial charge in [0.15, 0.2) is 0 Å². The van der Waals surface area contributed by atoms with Crippen LogP contribution in [0.1, 0.15) is 23.1 Å². The van der Waals surface area contributed by atoms with Crippen molar-refractivity contribution < 1.29 is 8.42 Å². The first-order chi connectivity index (χ1) is 11.4. The van der Waals surface area contributed by atoms with Crippen molar-refractivity contribution in [1.82, 2.24) is 8.96 Å². The lowest BCUT2D eigenvalue weighted by molar-refractivity contribution is 0.587. The summed E-state index contributed by atoms with van der Waals surface area (Å²) in [6.07, 6.45) is 2.87. The highest BCUT2D eigenvalue weighted by molar-refractivity contribution is 7.90. The summed E-state index contributed by atoms with van der Waals surface area (Å²) in [6.45, 7) is 1.80. The van der Waals surface area contributed by atoms with Gasteiger partial charge in [0.2, 0.25) is 0 Å². The van der Waals surface area contributed by atoms with Crippen molar-refractivity contribution in [2.24, 2.45) is 0 Å². The molecule has 24 heavy (non-hydrogen) atoms. The van der Waals surface area contributed by atoms with Gasteiger partial charge in [0, 0.05) is 5.69 Å². The van der Waals surface area contributed by atoms with Crippen molar-refractivity contribution in [2.45, 2.75) is 31.1 Å². The fourth-order valence-corrected chi connectivity index (χ4v) is 4.72. The molecule has 1 aromatic heterocycles. The van der Waals surface area contributed by atoms with Gasteiger partial charge >= 0.3 is 5.69 Å². The van der Waals surface area contributed by atoms with Gasteiger partial charge in [0.25, 0.3) is 10.0 Å². The van der Waals surface area contributed by atoms with Crippen molar-refractivity contribution in [3.8, 4) is 0 Å². The van der Waals surface area contributed by atoms with Crippen LogP contribution in [0.15, 0.2) is 40.0 Å². The number of imidazole rings is 1. The number of nitrogens with zero attached hydrogens (tertiary/aromatic N) is 1. The monoisotopic (exact) mass is 343 g/mol. The Bertz CT molecular complexity index is 1140. The Morgan fingerprint density at radius 2 is 1.88 bits per heavy atom. The van der Waals surface area contributed by atoms with Gasteiger partial charge in [-0.3, -0.25) is 0 Å². The van der Waals surface area contributed by atoms with Crippen LogP contribution in [0.2, 0.25) is 0 Å². The number of fused-ring (bicyclic) bond motifs is 2. The number of aryl methyl sites for hydroxylation is 3. The number of hydrogen-bond donors (Lipinski definition) is 2. The highest BCUT2D eigenvalue weighted by Crippen LogP contribution is 2.27. The largest absolute Gasteiger partial charge is 0.398 e. The van der Waals surface area contributed by atoms with Crippen LogP contribution in [0.5, 0.6) is 0 Å². The molecule has 1 heterocycles. The minimum absolute atomic E-state index is 0.130. The normalized spacial score (nSPS) is 14.2. The summed E-state index contributed by atoms with van der Waals surface area (Å²) in [7, 11) is -3.99. The van der Waals surface area contributed by atoms with Crippen LogP contribution in [-0.4, -0.2) is 17.4 Å². The van der Waals surface area contributed by atoms with E-state index in [-0.39, 0.29) is 10.4 Å². The van der Waals surface area contributed by atoms with Gasteiger partial charge in [0.1, 0.15) is 0 Å². The fraction of sp³-hybridized carbons (Fsp3) is 0.235. The van der Waals surface area contributed by atoms with E-state index < -0.39 is 15.7 Å². The highest BCUT2D eigenvalue weighted by atomic mass is 32.2. The first kappa shape index (κ1) is 15.0.